The molecule has 4 nitrogen and oxygen atoms in total. The van der Waals surface area contributed by atoms with Crippen molar-refractivity contribution in [2.75, 3.05) is 5.75 Å². The first-order valence-electron chi connectivity index (χ1n) is 6.39. The molecule has 0 aromatic carbocycles. The molecule has 2 atom stereocenters. The third-order valence-corrected chi connectivity index (χ3v) is 7.10. The molecule has 2 N–H and O–H groups in total. The monoisotopic (exact) mass is 321 g/mol. The Labute approximate surface area is 122 Å². The Hall–Kier alpha value is -0.0800. The smallest absolute Gasteiger partial charge is 0.241 e. The van der Waals surface area contributed by atoms with E-state index in [0.29, 0.717) is 10.1 Å². The number of hydrogen-bond donors (Lipinski definition) is 2. The van der Waals surface area contributed by atoms with Crippen LogP contribution in [0.15, 0.2) is 16.3 Å². The summed E-state index contributed by atoms with van der Waals surface area (Å²) in [6.07, 6.45) is 3.07. The summed E-state index contributed by atoms with van der Waals surface area (Å²) in [7, 11) is -3.45. The number of thioether (sulfide) groups is 1. The Kier molecular flexibility index (Phi) is 5.30. The summed E-state index contributed by atoms with van der Waals surface area (Å²) in [5, 5.41) is 11.0. The summed E-state index contributed by atoms with van der Waals surface area (Å²) in [6.45, 7) is 1.98. The lowest BCUT2D eigenvalue weighted by Crippen LogP contribution is -2.38. The van der Waals surface area contributed by atoms with Gasteiger partial charge in [-0.05, 0) is 24.7 Å². The van der Waals surface area contributed by atoms with Gasteiger partial charge in [-0.15, -0.1) is 11.3 Å². The molecule has 0 spiro atoms. The molecule has 0 amide bonds. The van der Waals surface area contributed by atoms with Crippen molar-refractivity contribution in [2.24, 2.45) is 0 Å². The standard InChI is InChI=1S/C12H19NO3S3/c1-2-17-12-5-3-4-11(12)13-19(15,16)10-6-9(7-14)18-8-10/h6,8,11-14H,2-5,7H2,1H3. The molecule has 1 fully saturated rings. The van der Waals surface area contributed by atoms with E-state index in [4.69, 9.17) is 5.11 Å². The molecular formula is C12H19NO3S3. The van der Waals surface area contributed by atoms with Crippen molar-refractivity contribution in [2.45, 2.75) is 49.0 Å². The average Bonchev–Trinajstić information content (AvgIpc) is 2.99. The van der Waals surface area contributed by atoms with Crippen LogP contribution < -0.4 is 4.72 Å². The Morgan fingerprint density at radius 3 is 2.95 bits per heavy atom. The highest BCUT2D eigenvalue weighted by Crippen LogP contribution is 2.31. The first kappa shape index (κ1) is 15.3. The fraction of sp³-hybridized carbons (Fsp3) is 0.667. The second kappa shape index (κ2) is 6.58. The molecule has 1 heterocycles. The Balaban J connectivity index is 2.08. The molecule has 1 aromatic rings. The van der Waals surface area contributed by atoms with Crippen molar-refractivity contribution in [3.05, 3.63) is 16.3 Å². The van der Waals surface area contributed by atoms with Gasteiger partial charge in [0.25, 0.3) is 0 Å². The van der Waals surface area contributed by atoms with Gasteiger partial charge in [-0.3, -0.25) is 0 Å². The molecule has 0 radical (unpaired) electrons. The van der Waals surface area contributed by atoms with Gasteiger partial charge in [-0.25, -0.2) is 13.1 Å². The van der Waals surface area contributed by atoms with E-state index in [0.717, 1.165) is 25.0 Å². The third-order valence-electron chi connectivity index (χ3n) is 3.24. The molecule has 0 aliphatic heterocycles. The van der Waals surface area contributed by atoms with Gasteiger partial charge < -0.3 is 5.11 Å². The first-order chi connectivity index (χ1) is 9.06. The summed E-state index contributed by atoms with van der Waals surface area (Å²) < 4.78 is 27.4. The van der Waals surface area contributed by atoms with Crippen molar-refractivity contribution < 1.29 is 13.5 Å². The molecule has 0 saturated heterocycles. The molecular weight excluding hydrogens is 302 g/mol. The van der Waals surface area contributed by atoms with E-state index in [1.807, 2.05) is 11.8 Å². The van der Waals surface area contributed by atoms with Crippen LogP contribution in [0.4, 0.5) is 0 Å². The molecule has 19 heavy (non-hydrogen) atoms. The minimum Gasteiger partial charge on any atom is -0.391 e. The highest BCUT2D eigenvalue weighted by molar-refractivity contribution is 8.00. The van der Waals surface area contributed by atoms with Crippen LogP contribution in [0.2, 0.25) is 0 Å². The molecule has 7 heteroatoms. The topological polar surface area (TPSA) is 66.4 Å². The Bertz CT molecular complexity index is 512. The second-order valence-electron chi connectivity index (χ2n) is 4.56. The minimum absolute atomic E-state index is 0.0347. The maximum absolute atomic E-state index is 12.3. The van der Waals surface area contributed by atoms with Crippen LogP contribution >= 0.6 is 23.1 Å². The zero-order valence-corrected chi connectivity index (χ0v) is 13.3. The molecule has 108 valence electrons. The van der Waals surface area contributed by atoms with E-state index in [1.54, 1.807) is 11.4 Å². The van der Waals surface area contributed by atoms with E-state index >= 15 is 0 Å². The second-order valence-corrected chi connectivity index (χ2v) is 8.79. The van der Waals surface area contributed by atoms with Crippen molar-refractivity contribution in [3.63, 3.8) is 0 Å². The van der Waals surface area contributed by atoms with Crippen LogP contribution in [0, 0.1) is 0 Å². The summed E-state index contributed by atoms with van der Waals surface area (Å²) in [5.41, 5.74) is 0. The van der Waals surface area contributed by atoms with Crippen molar-refractivity contribution in [1.29, 1.82) is 0 Å². The predicted molar refractivity (Wildman–Crippen MR) is 80.1 cm³/mol. The molecule has 0 bridgehead atoms. The van der Waals surface area contributed by atoms with Gasteiger partial charge in [0.2, 0.25) is 10.0 Å². The normalized spacial score (nSPS) is 23.9. The molecule has 1 aliphatic rings. The van der Waals surface area contributed by atoms with Crippen LogP contribution in [-0.4, -0.2) is 30.6 Å². The molecule has 2 rings (SSSR count). The quantitative estimate of drug-likeness (QED) is 0.843. The molecule has 1 aliphatic carbocycles. The Morgan fingerprint density at radius 2 is 2.32 bits per heavy atom. The number of aliphatic hydroxyl groups is 1. The maximum Gasteiger partial charge on any atom is 0.241 e. The predicted octanol–water partition coefficient (Wildman–Crippen LogP) is 2.19. The lowest BCUT2D eigenvalue weighted by molar-refractivity contribution is 0.285. The minimum atomic E-state index is -3.45. The highest BCUT2D eigenvalue weighted by atomic mass is 32.2. The number of aliphatic hydroxyl groups excluding tert-OH is 1. The number of hydrogen-bond acceptors (Lipinski definition) is 5. The largest absolute Gasteiger partial charge is 0.391 e. The summed E-state index contributed by atoms with van der Waals surface area (Å²) in [5.74, 6) is 1.01. The van der Waals surface area contributed by atoms with Gasteiger partial charge in [0.1, 0.15) is 0 Å². The SMILES string of the molecule is CCSC1CCCC1NS(=O)(=O)c1csc(CO)c1. The van der Waals surface area contributed by atoms with Crippen molar-refractivity contribution in [1.82, 2.24) is 4.72 Å². The number of thiophene rings is 1. The number of rotatable bonds is 6. The van der Waals surface area contributed by atoms with Gasteiger partial charge in [-0.2, -0.15) is 11.8 Å². The van der Waals surface area contributed by atoms with Gasteiger partial charge >= 0.3 is 0 Å². The lowest BCUT2D eigenvalue weighted by Gasteiger charge is -2.19. The van der Waals surface area contributed by atoms with E-state index in [-0.39, 0.29) is 17.5 Å². The maximum atomic E-state index is 12.3. The van der Waals surface area contributed by atoms with Crippen LogP contribution in [0.3, 0.4) is 0 Å². The first-order valence-corrected chi connectivity index (χ1v) is 9.80. The fourth-order valence-corrected chi connectivity index (χ4v) is 6.06. The van der Waals surface area contributed by atoms with Crippen molar-refractivity contribution in [3.8, 4) is 0 Å². The summed E-state index contributed by atoms with van der Waals surface area (Å²) in [6, 6.07) is 1.58. The Morgan fingerprint density at radius 1 is 1.53 bits per heavy atom. The van der Waals surface area contributed by atoms with E-state index in [2.05, 4.69) is 11.6 Å². The number of nitrogens with one attached hydrogen (secondary N) is 1. The van der Waals surface area contributed by atoms with Crippen LogP contribution in [0.25, 0.3) is 0 Å². The van der Waals surface area contributed by atoms with Crippen LogP contribution in [0.1, 0.15) is 31.1 Å². The molecule has 1 aromatic heterocycles. The van der Waals surface area contributed by atoms with Gasteiger partial charge in [0, 0.05) is 21.5 Å². The summed E-state index contributed by atoms with van der Waals surface area (Å²) in [4.78, 5) is 0.944. The van der Waals surface area contributed by atoms with E-state index in [1.165, 1.54) is 11.3 Å². The van der Waals surface area contributed by atoms with Gasteiger partial charge in [-0.1, -0.05) is 13.3 Å². The average molecular weight is 321 g/mol. The third kappa shape index (κ3) is 3.72. The van der Waals surface area contributed by atoms with Crippen LogP contribution in [0.5, 0.6) is 0 Å². The van der Waals surface area contributed by atoms with Gasteiger partial charge in [0.05, 0.1) is 11.5 Å². The van der Waals surface area contributed by atoms with Crippen LogP contribution in [-0.2, 0) is 16.6 Å². The number of sulfonamides is 1. The van der Waals surface area contributed by atoms with Crippen molar-refractivity contribution >= 4 is 33.1 Å². The van der Waals surface area contributed by atoms with E-state index in [9.17, 15) is 8.42 Å². The van der Waals surface area contributed by atoms with E-state index < -0.39 is 10.0 Å². The lowest BCUT2D eigenvalue weighted by atomic mass is 10.3. The molecule has 1 saturated carbocycles. The molecule has 2 unspecified atom stereocenters. The zero-order chi connectivity index (χ0) is 13.9. The van der Waals surface area contributed by atoms with Gasteiger partial charge in [0.15, 0.2) is 0 Å². The summed E-state index contributed by atoms with van der Waals surface area (Å²) >= 11 is 3.10. The zero-order valence-electron chi connectivity index (χ0n) is 10.8. The fourth-order valence-electron chi connectivity index (χ4n) is 2.33. The highest BCUT2D eigenvalue weighted by Gasteiger charge is 2.31.